The fraction of sp³-hybridized carbons (Fsp3) is 0.143. The van der Waals surface area contributed by atoms with Crippen molar-refractivity contribution in [2.75, 3.05) is 0 Å². The van der Waals surface area contributed by atoms with E-state index in [2.05, 4.69) is 20.4 Å². The van der Waals surface area contributed by atoms with Crippen LogP contribution in [-0.4, -0.2) is 25.6 Å². The van der Waals surface area contributed by atoms with Crippen LogP contribution < -0.4 is 5.32 Å². The highest BCUT2D eigenvalue weighted by atomic mass is 35.5. The Morgan fingerprint density at radius 3 is 2.69 bits per heavy atom. The molecule has 0 aliphatic carbocycles. The molecule has 2 aromatic heterocycles. The summed E-state index contributed by atoms with van der Waals surface area (Å²) in [5.74, 6) is 1.43. The smallest absolute Gasteiger partial charge is 0.251 e. The van der Waals surface area contributed by atoms with E-state index in [1.54, 1.807) is 24.4 Å². The van der Waals surface area contributed by atoms with Crippen molar-refractivity contribution in [3.63, 3.8) is 0 Å². The summed E-state index contributed by atoms with van der Waals surface area (Å²) in [6, 6.07) is 14.7. The summed E-state index contributed by atoms with van der Waals surface area (Å²) in [5.41, 5.74) is 2.32. The lowest BCUT2D eigenvalue weighted by Crippen LogP contribution is -2.22. The summed E-state index contributed by atoms with van der Waals surface area (Å²) >= 11 is 6.15. The van der Waals surface area contributed by atoms with Gasteiger partial charge in [-0.25, -0.2) is 4.98 Å². The van der Waals surface area contributed by atoms with Gasteiger partial charge in [-0.2, -0.15) is 4.98 Å². The Morgan fingerprint density at radius 2 is 1.97 bits per heavy atom. The highest BCUT2D eigenvalue weighted by molar-refractivity contribution is 6.33. The first kappa shape index (κ1) is 18.9. The van der Waals surface area contributed by atoms with E-state index in [0.717, 1.165) is 11.4 Å². The molecule has 0 radical (unpaired) electrons. The first-order chi connectivity index (χ1) is 14.1. The van der Waals surface area contributed by atoms with Gasteiger partial charge in [-0.15, -0.1) is 0 Å². The molecule has 0 unspecified atom stereocenters. The van der Waals surface area contributed by atoms with Crippen molar-refractivity contribution >= 4 is 17.5 Å². The minimum absolute atomic E-state index is 0.131. The van der Waals surface area contributed by atoms with Crippen molar-refractivity contribution in [3.8, 4) is 11.4 Å². The van der Waals surface area contributed by atoms with Gasteiger partial charge in [-0.1, -0.05) is 41.0 Å². The number of halogens is 1. The van der Waals surface area contributed by atoms with Crippen molar-refractivity contribution in [1.29, 1.82) is 0 Å². The van der Waals surface area contributed by atoms with E-state index in [-0.39, 0.29) is 12.5 Å². The van der Waals surface area contributed by atoms with Crippen molar-refractivity contribution < 1.29 is 9.32 Å². The SMILES string of the molecule is Cc1nccn1Cc1ccc(C(=O)NCc2nc(-c3ccccc3Cl)no2)cc1. The molecule has 0 bridgehead atoms. The van der Waals surface area contributed by atoms with Crippen molar-refractivity contribution in [1.82, 2.24) is 25.0 Å². The molecular formula is C21H18ClN5O2. The van der Waals surface area contributed by atoms with Gasteiger partial charge in [0.05, 0.1) is 11.6 Å². The van der Waals surface area contributed by atoms with Crippen LogP contribution in [0.3, 0.4) is 0 Å². The molecule has 1 amide bonds. The largest absolute Gasteiger partial charge is 0.343 e. The van der Waals surface area contributed by atoms with E-state index in [1.165, 1.54) is 0 Å². The molecule has 1 N–H and O–H groups in total. The van der Waals surface area contributed by atoms with Crippen LogP contribution in [0.4, 0.5) is 0 Å². The van der Waals surface area contributed by atoms with Crippen LogP contribution in [-0.2, 0) is 13.1 Å². The number of hydrogen-bond acceptors (Lipinski definition) is 5. The quantitative estimate of drug-likeness (QED) is 0.524. The number of hydrogen-bond donors (Lipinski definition) is 1. The molecule has 0 atom stereocenters. The Balaban J connectivity index is 1.36. The summed E-state index contributed by atoms with van der Waals surface area (Å²) in [7, 11) is 0. The number of rotatable bonds is 6. The lowest BCUT2D eigenvalue weighted by atomic mass is 10.1. The van der Waals surface area contributed by atoms with Crippen LogP contribution >= 0.6 is 11.6 Å². The van der Waals surface area contributed by atoms with Gasteiger partial charge < -0.3 is 14.4 Å². The van der Waals surface area contributed by atoms with E-state index in [4.69, 9.17) is 16.1 Å². The first-order valence-electron chi connectivity index (χ1n) is 9.02. The van der Waals surface area contributed by atoms with Crippen LogP contribution in [0.5, 0.6) is 0 Å². The van der Waals surface area contributed by atoms with Crippen LogP contribution in [0.25, 0.3) is 11.4 Å². The number of aryl methyl sites for hydroxylation is 1. The van der Waals surface area contributed by atoms with E-state index < -0.39 is 0 Å². The van der Waals surface area contributed by atoms with Crippen LogP contribution in [0, 0.1) is 6.92 Å². The number of aromatic nitrogens is 4. The normalized spacial score (nSPS) is 10.8. The monoisotopic (exact) mass is 407 g/mol. The number of imidazole rings is 1. The molecule has 0 saturated carbocycles. The summed E-state index contributed by atoms with van der Waals surface area (Å²) in [4.78, 5) is 20.9. The second-order valence-electron chi connectivity index (χ2n) is 6.47. The maximum Gasteiger partial charge on any atom is 0.251 e. The van der Waals surface area contributed by atoms with Crippen molar-refractivity contribution in [2.45, 2.75) is 20.0 Å². The van der Waals surface area contributed by atoms with Crippen molar-refractivity contribution in [2.24, 2.45) is 0 Å². The molecular weight excluding hydrogens is 390 g/mol. The zero-order valence-corrected chi connectivity index (χ0v) is 16.4. The van der Waals surface area contributed by atoms with E-state index in [1.807, 2.05) is 48.0 Å². The topological polar surface area (TPSA) is 85.8 Å². The average Bonchev–Trinajstić information content (AvgIpc) is 3.36. The number of carbonyl (C=O) groups excluding carboxylic acids is 1. The zero-order valence-electron chi connectivity index (χ0n) is 15.7. The Hall–Kier alpha value is -3.45. The predicted molar refractivity (Wildman–Crippen MR) is 108 cm³/mol. The molecule has 4 aromatic rings. The second-order valence-corrected chi connectivity index (χ2v) is 6.88. The summed E-state index contributed by atoms with van der Waals surface area (Å²) in [6.07, 6.45) is 3.70. The van der Waals surface area contributed by atoms with Crippen LogP contribution in [0.15, 0.2) is 65.4 Å². The molecule has 8 heteroatoms. The molecule has 2 heterocycles. The summed E-state index contributed by atoms with van der Waals surface area (Å²) in [5, 5.41) is 7.25. The number of benzene rings is 2. The highest BCUT2D eigenvalue weighted by Gasteiger charge is 2.13. The fourth-order valence-corrected chi connectivity index (χ4v) is 3.09. The third-order valence-electron chi connectivity index (χ3n) is 4.48. The van der Waals surface area contributed by atoms with E-state index in [9.17, 15) is 4.79 Å². The maximum absolute atomic E-state index is 12.4. The number of amides is 1. The number of nitrogens with one attached hydrogen (secondary N) is 1. The first-order valence-corrected chi connectivity index (χ1v) is 9.40. The summed E-state index contributed by atoms with van der Waals surface area (Å²) in [6.45, 7) is 2.79. The Labute approximate surface area is 172 Å². The summed E-state index contributed by atoms with van der Waals surface area (Å²) < 4.78 is 7.25. The van der Waals surface area contributed by atoms with Crippen LogP contribution in [0.2, 0.25) is 5.02 Å². The molecule has 29 heavy (non-hydrogen) atoms. The lowest BCUT2D eigenvalue weighted by molar-refractivity contribution is 0.0946. The van der Waals surface area contributed by atoms with Crippen LogP contribution in [0.1, 0.15) is 27.6 Å². The molecule has 0 saturated heterocycles. The predicted octanol–water partition coefficient (Wildman–Crippen LogP) is 3.87. The van der Waals surface area contributed by atoms with Crippen molar-refractivity contribution in [3.05, 3.63) is 88.8 Å². The van der Waals surface area contributed by atoms with Gasteiger partial charge in [0.15, 0.2) is 0 Å². The Morgan fingerprint density at radius 1 is 1.17 bits per heavy atom. The van der Waals surface area contributed by atoms with Gasteiger partial charge in [0.1, 0.15) is 5.82 Å². The Kier molecular flexibility index (Phi) is 5.39. The molecule has 0 aliphatic rings. The minimum Gasteiger partial charge on any atom is -0.343 e. The van der Waals surface area contributed by atoms with E-state index >= 15 is 0 Å². The molecule has 4 rings (SSSR count). The minimum atomic E-state index is -0.215. The lowest BCUT2D eigenvalue weighted by Gasteiger charge is -2.07. The third kappa shape index (κ3) is 4.35. The molecule has 0 fully saturated rings. The highest BCUT2D eigenvalue weighted by Crippen LogP contribution is 2.24. The Bertz CT molecular complexity index is 1130. The molecule has 7 nitrogen and oxygen atoms in total. The third-order valence-corrected chi connectivity index (χ3v) is 4.81. The molecule has 0 spiro atoms. The maximum atomic E-state index is 12.4. The standard InChI is InChI=1S/C21H18ClN5O2/c1-14-23-10-11-27(14)13-15-6-8-16(9-7-15)21(28)24-12-19-25-20(26-29-19)17-4-2-3-5-18(17)22/h2-11H,12-13H2,1H3,(H,24,28). The van der Waals surface area contributed by atoms with Gasteiger partial charge in [0, 0.05) is 30.1 Å². The number of carbonyl (C=O) groups is 1. The van der Waals surface area contributed by atoms with E-state index in [0.29, 0.717) is 34.4 Å². The van der Waals surface area contributed by atoms with Gasteiger partial charge in [-0.3, -0.25) is 4.79 Å². The van der Waals surface area contributed by atoms with Gasteiger partial charge in [0.25, 0.3) is 5.91 Å². The van der Waals surface area contributed by atoms with Gasteiger partial charge in [0.2, 0.25) is 11.7 Å². The number of nitrogens with zero attached hydrogens (tertiary/aromatic N) is 4. The molecule has 2 aromatic carbocycles. The van der Waals surface area contributed by atoms with Gasteiger partial charge >= 0.3 is 0 Å². The second kappa shape index (κ2) is 8.28. The van der Waals surface area contributed by atoms with Gasteiger partial charge in [-0.05, 0) is 36.8 Å². The molecule has 146 valence electrons. The fourth-order valence-electron chi connectivity index (χ4n) is 2.87. The molecule has 0 aliphatic heterocycles. The average molecular weight is 408 g/mol. The zero-order chi connectivity index (χ0) is 20.2.